The van der Waals surface area contributed by atoms with Crippen LogP contribution in [0.15, 0.2) is 148 Å². The van der Waals surface area contributed by atoms with Gasteiger partial charge in [-0.1, -0.05) is 180 Å². The van der Waals surface area contributed by atoms with E-state index in [1.807, 2.05) is 116 Å². The third kappa shape index (κ3) is 25.2. The van der Waals surface area contributed by atoms with Gasteiger partial charge in [-0.2, -0.15) is 0 Å². The minimum Gasteiger partial charge on any atom is -0.462 e. The number of rotatable bonds is 9. The van der Waals surface area contributed by atoms with Crippen molar-refractivity contribution in [1.82, 2.24) is 0 Å². The van der Waals surface area contributed by atoms with Crippen LogP contribution in [0.1, 0.15) is 56.7 Å². The molecule has 3 aromatic carbocycles. The second-order valence-electron chi connectivity index (χ2n) is 8.52. The Kier molecular flexibility index (Phi) is 26.0. The predicted molar refractivity (Wildman–Crippen MR) is 180 cm³/mol. The largest absolute Gasteiger partial charge is 0.462 e. The summed E-state index contributed by atoms with van der Waals surface area (Å²) in [6.07, 6.45) is 10.4. The van der Waals surface area contributed by atoms with Gasteiger partial charge in [-0.25, -0.2) is 4.79 Å². The van der Waals surface area contributed by atoms with Crippen molar-refractivity contribution in [2.24, 2.45) is 0 Å². The number of allylic oxidation sites excluding steroid dienone is 2. The van der Waals surface area contributed by atoms with Gasteiger partial charge in [-0.05, 0) is 37.0 Å². The van der Waals surface area contributed by atoms with Crippen LogP contribution in [0.4, 0.5) is 0 Å². The number of unbranched alkanes of at least 4 members (excludes halogenated alkanes) is 2. The lowest BCUT2D eigenvalue weighted by Gasteiger charge is -2.02. The van der Waals surface area contributed by atoms with Crippen LogP contribution in [0.3, 0.4) is 0 Å². The average molecular weight is 537 g/mol. The lowest BCUT2D eigenvalue weighted by molar-refractivity contribution is -0.139. The summed E-state index contributed by atoms with van der Waals surface area (Å²) in [5, 5.41) is 0. The van der Waals surface area contributed by atoms with Crippen molar-refractivity contribution in [3.05, 3.63) is 164 Å². The quantitative estimate of drug-likeness (QED) is 0.118. The van der Waals surface area contributed by atoms with Crippen molar-refractivity contribution in [1.29, 1.82) is 0 Å². The van der Waals surface area contributed by atoms with Crippen LogP contribution in [-0.4, -0.2) is 12.6 Å². The van der Waals surface area contributed by atoms with E-state index in [9.17, 15) is 4.79 Å². The minimum absolute atomic E-state index is 0.277. The van der Waals surface area contributed by atoms with Crippen LogP contribution in [-0.2, 0) is 9.53 Å². The topological polar surface area (TPSA) is 26.3 Å². The fourth-order valence-electron chi connectivity index (χ4n) is 2.41. The third-order valence-electron chi connectivity index (χ3n) is 4.78. The van der Waals surface area contributed by atoms with Gasteiger partial charge in [0, 0.05) is 5.57 Å². The molecular formula is C38H48O2. The number of ether oxygens (including phenoxy) is 1. The molecule has 2 heteroatoms. The fraction of sp³-hybridized carbons (Fsp3) is 0.184. The summed E-state index contributed by atoms with van der Waals surface area (Å²) in [6.45, 7) is 27.6. The normalized spacial score (nSPS) is 8.47. The Labute approximate surface area is 244 Å². The average Bonchev–Trinajstić information content (AvgIpc) is 3.01. The molecule has 40 heavy (non-hydrogen) atoms. The second-order valence-corrected chi connectivity index (χ2v) is 8.52. The van der Waals surface area contributed by atoms with Crippen LogP contribution >= 0.6 is 0 Å². The Morgan fingerprint density at radius 2 is 0.975 bits per heavy atom. The minimum atomic E-state index is -0.277. The molecule has 0 amide bonds. The van der Waals surface area contributed by atoms with Crippen molar-refractivity contribution in [3.63, 3.8) is 0 Å². The number of carbonyl (C=O) groups excluding carboxylic acids is 1. The van der Waals surface area contributed by atoms with Gasteiger partial charge >= 0.3 is 5.97 Å². The van der Waals surface area contributed by atoms with Crippen LogP contribution < -0.4 is 0 Å². The van der Waals surface area contributed by atoms with Gasteiger partial charge in [-0.3, -0.25) is 0 Å². The highest BCUT2D eigenvalue weighted by Crippen LogP contribution is 1.99. The summed E-state index contributed by atoms with van der Waals surface area (Å²) < 4.78 is 4.87. The molecule has 0 bridgehead atoms. The number of hydrogen-bond donors (Lipinski definition) is 0. The fourth-order valence-corrected chi connectivity index (χ4v) is 2.41. The molecule has 0 saturated heterocycles. The number of esters is 1. The summed E-state index contributed by atoms with van der Waals surface area (Å²) in [7, 11) is 0. The molecule has 212 valence electrons. The first-order valence-corrected chi connectivity index (χ1v) is 13.4. The first-order chi connectivity index (χ1) is 19.2. The third-order valence-corrected chi connectivity index (χ3v) is 4.78. The van der Waals surface area contributed by atoms with E-state index in [4.69, 9.17) is 4.74 Å². The molecule has 0 aliphatic rings. The first-order valence-electron chi connectivity index (χ1n) is 13.4. The summed E-state index contributed by atoms with van der Waals surface area (Å²) in [5.74, 6) is -0.277. The number of carbonyl (C=O) groups is 1. The zero-order chi connectivity index (χ0) is 30.4. The maximum atomic E-state index is 10.8. The van der Waals surface area contributed by atoms with E-state index in [-0.39, 0.29) is 5.97 Å². The van der Waals surface area contributed by atoms with Gasteiger partial charge in [0.2, 0.25) is 0 Å². The Balaban J connectivity index is 0. The molecular weight excluding hydrogens is 488 g/mol. The zero-order valence-corrected chi connectivity index (χ0v) is 24.9. The van der Waals surface area contributed by atoms with Crippen molar-refractivity contribution >= 4 is 24.2 Å². The van der Waals surface area contributed by atoms with Gasteiger partial charge in [0.25, 0.3) is 0 Å². The number of hydrogen-bond acceptors (Lipinski definition) is 2. The van der Waals surface area contributed by atoms with Crippen LogP contribution in [0.25, 0.3) is 18.2 Å². The zero-order valence-electron chi connectivity index (χ0n) is 24.9. The van der Waals surface area contributed by atoms with Gasteiger partial charge in [0.05, 0.1) is 6.61 Å². The highest BCUT2D eigenvalue weighted by molar-refractivity contribution is 5.86. The standard InChI is InChI=1S/C9H16O2.3C8H8.C5H8/c1-4-5-6-7-11-9(10)8(2)3;3*1-2-8-6-4-3-5-7-8;1-4-5(2)3/h2,4-7H2,1,3H3;3*2-7H,1H2;4H,1-2H2,3H3. The van der Waals surface area contributed by atoms with Crippen LogP contribution in [0.5, 0.6) is 0 Å². The Morgan fingerprint density at radius 1 is 0.650 bits per heavy atom. The first kappa shape index (κ1) is 37.7. The SMILES string of the molecule is C=C(C)C(=O)OCCCCC.C=CC(=C)C.C=Cc1ccccc1.C=Cc1ccccc1.C=Cc1ccccc1. The van der Waals surface area contributed by atoms with E-state index in [2.05, 4.69) is 46.4 Å². The molecule has 0 heterocycles. The van der Waals surface area contributed by atoms with Crippen molar-refractivity contribution < 1.29 is 9.53 Å². The van der Waals surface area contributed by atoms with Crippen LogP contribution in [0.2, 0.25) is 0 Å². The molecule has 0 N–H and O–H groups in total. The summed E-state index contributed by atoms with van der Waals surface area (Å²) >= 11 is 0. The highest BCUT2D eigenvalue weighted by Gasteiger charge is 2.00. The van der Waals surface area contributed by atoms with E-state index < -0.39 is 0 Å². The lowest BCUT2D eigenvalue weighted by Crippen LogP contribution is -2.05. The van der Waals surface area contributed by atoms with Crippen molar-refractivity contribution in [2.75, 3.05) is 6.61 Å². The predicted octanol–water partition coefficient (Wildman–Crippen LogP) is 11.0. The van der Waals surface area contributed by atoms with Gasteiger partial charge < -0.3 is 4.74 Å². The molecule has 0 saturated carbocycles. The van der Waals surface area contributed by atoms with Gasteiger partial charge in [0.1, 0.15) is 0 Å². The lowest BCUT2D eigenvalue weighted by atomic mass is 10.2. The molecule has 0 aromatic heterocycles. The van der Waals surface area contributed by atoms with E-state index in [1.54, 1.807) is 13.0 Å². The molecule has 2 nitrogen and oxygen atoms in total. The molecule has 0 atom stereocenters. The van der Waals surface area contributed by atoms with E-state index in [0.717, 1.165) is 24.8 Å². The Morgan fingerprint density at radius 3 is 1.18 bits per heavy atom. The second kappa shape index (κ2) is 27.6. The molecule has 0 aliphatic carbocycles. The summed E-state index contributed by atoms with van der Waals surface area (Å²) in [4.78, 5) is 10.8. The maximum absolute atomic E-state index is 10.8. The monoisotopic (exact) mass is 536 g/mol. The van der Waals surface area contributed by atoms with Gasteiger partial charge in [0.15, 0.2) is 0 Å². The molecule has 0 fully saturated rings. The number of benzene rings is 3. The summed E-state index contributed by atoms with van der Waals surface area (Å²) in [6, 6.07) is 30.1. The highest BCUT2D eigenvalue weighted by atomic mass is 16.5. The molecule has 0 unspecified atom stereocenters. The Hall–Kier alpha value is -4.43. The van der Waals surface area contributed by atoms with E-state index >= 15 is 0 Å². The molecule has 0 aliphatic heterocycles. The Bertz CT molecular complexity index is 991. The maximum Gasteiger partial charge on any atom is 0.333 e. The van der Waals surface area contributed by atoms with Gasteiger partial charge in [-0.15, -0.1) is 0 Å². The van der Waals surface area contributed by atoms with Crippen LogP contribution in [0, 0.1) is 0 Å². The molecule has 0 spiro atoms. The van der Waals surface area contributed by atoms with Crippen molar-refractivity contribution in [2.45, 2.75) is 40.0 Å². The summed E-state index contributed by atoms with van der Waals surface area (Å²) in [5.41, 5.74) is 5.01. The molecule has 3 aromatic rings. The van der Waals surface area contributed by atoms with E-state index in [0.29, 0.717) is 12.2 Å². The molecule has 0 radical (unpaired) electrons. The van der Waals surface area contributed by atoms with E-state index in [1.165, 1.54) is 16.7 Å². The van der Waals surface area contributed by atoms with Crippen molar-refractivity contribution in [3.8, 4) is 0 Å². The smallest absolute Gasteiger partial charge is 0.333 e. The molecule has 3 rings (SSSR count).